The number of amides is 1. The van der Waals surface area contributed by atoms with Gasteiger partial charge in [0, 0.05) is 13.1 Å². The lowest BCUT2D eigenvalue weighted by atomic mass is 9.99. The van der Waals surface area contributed by atoms with Gasteiger partial charge in [-0.2, -0.15) is 0 Å². The van der Waals surface area contributed by atoms with E-state index in [-0.39, 0.29) is 5.91 Å². The van der Waals surface area contributed by atoms with Gasteiger partial charge < -0.3 is 4.90 Å². The fourth-order valence-electron chi connectivity index (χ4n) is 2.77. The van der Waals surface area contributed by atoms with Crippen LogP contribution in [0.25, 0.3) is 10.6 Å². The number of hydrogen-bond donors (Lipinski definition) is 0. The van der Waals surface area contributed by atoms with E-state index in [0.29, 0.717) is 5.75 Å². The first-order chi connectivity index (χ1) is 11.5. The smallest absolute Gasteiger partial charge is 0.232 e. The number of thiazole rings is 1. The van der Waals surface area contributed by atoms with E-state index in [2.05, 4.69) is 22.1 Å². The Morgan fingerprint density at radius 1 is 1.29 bits per heavy atom. The zero-order valence-corrected chi connectivity index (χ0v) is 15.9. The van der Waals surface area contributed by atoms with Gasteiger partial charge in [0.2, 0.25) is 5.91 Å². The van der Waals surface area contributed by atoms with Crippen LogP contribution in [-0.4, -0.2) is 44.8 Å². The molecule has 7 heteroatoms. The van der Waals surface area contributed by atoms with Crippen molar-refractivity contribution in [2.75, 3.05) is 18.8 Å². The molecule has 2 aromatic rings. The summed E-state index contributed by atoms with van der Waals surface area (Å²) in [4.78, 5) is 19.7. The Bertz CT molecular complexity index is 706. The van der Waals surface area contributed by atoms with E-state index in [1.165, 1.54) is 11.8 Å². The van der Waals surface area contributed by atoms with Gasteiger partial charge in [-0.05, 0) is 44.7 Å². The van der Waals surface area contributed by atoms with Crippen LogP contribution < -0.4 is 0 Å². The Morgan fingerprint density at radius 2 is 2.04 bits per heavy atom. The van der Waals surface area contributed by atoms with Crippen LogP contribution in [0, 0.1) is 19.8 Å². The molecule has 1 aliphatic rings. The second-order valence-corrected chi connectivity index (χ2v) is 8.46. The molecule has 3 rings (SSSR count). The normalized spacial score (nSPS) is 15.7. The van der Waals surface area contributed by atoms with E-state index < -0.39 is 0 Å². The summed E-state index contributed by atoms with van der Waals surface area (Å²) >= 11 is 3.09. The van der Waals surface area contributed by atoms with Gasteiger partial charge in [-0.25, -0.2) is 4.98 Å². The highest BCUT2D eigenvalue weighted by Crippen LogP contribution is 2.28. The molecule has 0 aliphatic carbocycles. The number of nitrogens with zero attached hydrogens (tertiary/aromatic N) is 4. The summed E-state index contributed by atoms with van der Waals surface area (Å²) in [7, 11) is 0. The molecule has 1 amide bonds. The molecule has 0 unspecified atom stereocenters. The first kappa shape index (κ1) is 17.4. The minimum Gasteiger partial charge on any atom is -0.342 e. The van der Waals surface area contributed by atoms with E-state index in [1.54, 1.807) is 11.3 Å². The molecule has 0 aromatic carbocycles. The third-order valence-electron chi connectivity index (χ3n) is 4.26. The lowest BCUT2D eigenvalue weighted by Crippen LogP contribution is -2.38. The summed E-state index contributed by atoms with van der Waals surface area (Å²) in [6.07, 6.45) is 2.22. The number of piperidine rings is 1. The average molecular weight is 363 g/mol. The van der Waals surface area contributed by atoms with Crippen LogP contribution in [0.5, 0.6) is 0 Å². The van der Waals surface area contributed by atoms with Crippen LogP contribution in [0.3, 0.4) is 0 Å². The Hall–Kier alpha value is -1.47. The first-order valence-electron chi connectivity index (χ1n) is 8.21. The molecule has 0 radical (unpaired) electrons. The topological polar surface area (TPSA) is 59.0 Å². The second-order valence-electron chi connectivity index (χ2n) is 6.26. The zero-order valence-electron chi connectivity index (χ0n) is 14.3. The van der Waals surface area contributed by atoms with Crippen molar-refractivity contribution in [1.82, 2.24) is 20.1 Å². The average Bonchev–Trinajstić information content (AvgIpc) is 2.92. The largest absolute Gasteiger partial charge is 0.342 e. The molecule has 0 N–H and O–H groups in total. The van der Waals surface area contributed by atoms with Crippen LogP contribution in [0.2, 0.25) is 0 Å². The highest BCUT2D eigenvalue weighted by molar-refractivity contribution is 7.99. The predicted molar refractivity (Wildman–Crippen MR) is 98.3 cm³/mol. The van der Waals surface area contributed by atoms with Crippen molar-refractivity contribution in [2.45, 2.75) is 38.6 Å². The lowest BCUT2D eigenvalue weighted by Gasteiger charge is -2.30. The molecule has 24 heavy (non-hydrogen) atoms. The van der Waals surface area contributed by atoms with Gasteiger partial charge >= 0.3 is 0 Å². The van der Waals surface area contributed by atoms with Gasteiger partial charge in [0.15, 0.2) is 0 Å². The number of thioether (sulfide) groups is 1. The van der Waals surface area contributed by atoms with Crippen LogP contribution in [0.4, 0.5) is 0 Å². The van der Waals surface area contributed by atoms with E-state index in [9.17, 15) is 4.79 Å². The molecule has 1 fully saturated rings. The fourth-order valence-corrected chi connectivity index (χ4v) is 4.37. The lowest BCUT2D eigenvalue weighted by molar-refractivity contribution is -0.129. The predicted octanol–water partition coefficient (Wildman–Crippen LogP) is 3.57. The Balaban J connectivity index is 1.56. The summed E-state index contributed by atoms with van der Waals surface area (Å²) in [5, 5.41) is 10.4. The number of aryl methyl sites for hydroxylation is 2. The molecular formula is C17H22N4OS2. The number of hydrogen-bond acceptors (Lipinski definition) is 6. The summed E-state index contributed by atoms with van der Waals surface area (Å²) in [5.74, 6) is 1.37. The van der Waals surface area contributed by atoms with E-state index in [1.807, 2.05) is 30.9 Å². The van der Waals surface area contributed by atoms with Gasteiger partial charge in [-0.15, -0.1) is 21.5 Å². The number of carbonyl (C=O) groups excluding carboxylic acids is 1. The van der Waals surface area contributed by atoms with Crippen molar-refractivity contribution in [3.8, 4) is 10.6 Å². The standard InChI is InChI=1S/C17H22N4OS2/c1-11-6-8-21(9-7-11)16(22)10-23-15-5-4-14(19-20-15)17-12(2)18-13(3)24-17/h4-5,11H,6-10H2,1-3H3. The number of carbonyl (C=O) groups is 1. The molecule has 2 aromatic heterocycles. The Labute approximate surface area is 150 Å². The maximum absolute atomic E-state index is 12.3. The van der Waals surface area contributed by atoms with Crippen molar-refractivity contribution in [3.05, 3.63) is 22.8 Å². The molecule has 128 valence electrons. The Morgan fingerprint density at radius 3 is 2.62 bits per heavy atom. The summed E-state index contributed by atoms with van der Waals surface area (Å²) in [5.41, 5.74) is 1.83. The number of likely N-dealkylation sites (tertiary alicyclic amines) is 1. The monoisotopic (exact) mass is 362 g/mol. The van der Waals surface area contributed by atoms with Gasteiger partial charge in [-0.1, -0.05) is 18.7 Å². The quantitative estimate of drug-likeness (QED) is 0.778. The van der Waals surface area contributed by atoms with Gasteiger partial charge in [0.1, 0.15) is 10.7 Å². The van der Waals surface area contributed by atoms with E-state index in [4.69, 9.17) is 0 Å². The SMILES string of the molecule is Cc1nc(C)c(-c2ccc(SCC(=O)N3CCC(C)CC3)nn2)s1. The minimum absolute atomic E-state index is 0.201. The molecule has 0 bridgehead atoms. The number of rotatable bonds is 4. The van der Waals surface area contributed by atoms with E-state index in [0.717, 1.165) is 58.1 Å². The maximum Gasteiger partial charge on any atom is 0.232 e. The highest BCUT2D eigenvalue weighted by Gasteiger charge is 2.20. The van der Waals surface area contributed by atoms with Crippen LogP contribution >= 0.6 is 23.1 Å². The van der Waals surface area contributed by atoms with Crippen LogP contribution in [-0.2, 0) is 4.79 Å². The van der Waals surface area contributed by atoms with E-state index >= 15 is 0 Å². The van der Waals surface area contributed by atoms with Crippen molar-refractivity contribution < 1.29 is 4.79 Å². The summed E-state index contributed by atoms with van der Waals surface area (Å²) in [6, 6.07) is 3.90. The Kier molecular flexibility index (Phi) is 5.50. The van der Waals surface area contributed by atoms with Crippen LogP contribution in [0.1, 0.15) is 30.5 Å². The zero-order chi connectivity index (χ0) is 17.1. The summed E-state index contributed by atoms with van der Waals surface area (Å²) < 4.78 is 0. The van der Waals surface area contributed by atoms with Gasteiger partial charge in [0.05, 0.1) is 21.3 Å². The second kappa shape index (κ2) is 7.61. The fraction of sp³-hybridized carbons (Fsp3) is 0.529. The van der Waals surface area contributed by atoms with Gasteiger partial charge in [-0.3, -0.25) is 4.79 Å². The van der Waals surface area contributed by atoms with Crippen molar-refractivity contribution in [1.29, 1.82) is 0 Å². The molecule has 3 heterocycles. The molecular weight excluding hydrogens is 340 g/mol. The third kappa shape index (κ3) is 4.13. The first-order valence-corrected chi connectivity index (χ1v) is 10.0. The molecule has 5 nitrogen and oxygen atoms in total. The van der Waals surface area contributed by atoms with Gasteiger partial charge in [0.25, 0.3) is 0 Å². The van der Waals surface area contributed by atoms with Crippen molar-refractivity contribution in [2.24, 2.45) is 5.92 Å². The summed E-state index contributed by atoms with van der Waals surface area (Å²) in [6.45, 7) is 8.00. The molecule has 0 saturated carbocycles. The third-order valence-corrected chi connectivity index (χ3v) is 6.26. The van der Waals surface area contributed by atoms with Crippen LogP contribution in [0.15, 0.2) is 17.2 Å². The van der Waals surface area contributed by atoms with Crippen molar-refractivity contribution in [3.63, 3.8) is 0 Å². The molecule has 0 atom stereocenters. The molecule has 0 spiro atoms. The molecule has 1 aliphatic heterocycles. The molecule has 1 saturated heterocycles. The van der Waals surface area contributed by atoms with Crippen molar-refractivity contribution >= 4 is 29.0 Å². The number of aromatic nitrogens is 3. The maximum atomic E-state index is 12.3. The minimum atomic E-state index is 0.201. The highest BCUT2D eigenvalue weighted by atomic mass is 32.2.